The van der Waals surface area contributed by atoms with Crippen LogP contribution in [0.1, 0.15) is 62.2 Å². The number of piperidine rings is 1. The van der Waals surface area contributed by atoms with Gasteiger partial charge in [0, 0.05) is 25.7 Å². The molecule has 2 fully saturated rings. The van der Waals surface area contributed by atoms with Crippen LogP contribution < -0.4 is 0 Å². The summed E-state index contributed by atoms with van der Waals surface area (Å²) in [4.78, 5) is 26.5. The number of ether oxygens (including phenoxy) is 1. The molecule has 2 heterocycles. The topological polar surface area (TPSA) is 84.0 Å². The summed E-state index contributed by atoms with van der Waals surface area (Å²) in [6.45, 7) is 3.46. The Morgan fingerprint density at radius 3 is 2.21 bits per heavy atom. The molecule has 0 spiro atoms. The van der Waals surface area contributed by atoms with E-state index in [-0.39, 0.29) is 29.0 Å². The highest BCUT2D eigenvalue weighted by molar-refractivity contribution is 7.89. The van der Waals surface area contributed by atoms with Crippen molar-refractivity contribution in [2.75, 3.05) is 26.2 Å². The van der Waals surface area contributed by atoms with Gasteiger partial charge >= 0.3 is 5.97 Å². The number of carbonyl (C=O) groups excluding carboxylic acids is 2. The van der Waals surface area contributed by atoms with Crippen molar-refractivity contribution in [2.45, 2.75) is 62.8 Å². The van der Waals surface area contributed by atoms with Crippen LogP contribution in [-0.2, 0) is 19.6 Å². The minimum Gasteiger partial charge on any atom is -0.452 e. The molecule has 0 aromatic heterocycles. The van der Waals surface area contributed by atoms with Gasteiger partial charge in [-0.3, -0.25) is 4.79 Å². The third-order valence-corrected chi connectivity index (χ3v) is 7.66. The summed E-state index contributed by atoms with van der Waals surface area (Å²) in [5, 5.41) is 0. The third-order valence-electron chi connectivity index (χ3n) is 5.74. The quantitative estimate of drug-likeness (QED) is 0.682. The highest BCUT2D eigenvalue weighted by atomic mass is 32.2. The summed E-state index contributed by atoms with van der Waals surface area (Å²) < 4.78 is 32.3. The average molecular weight is 423 g/mol. The summed E-state index contributed by atoms with van der Waals surface area (Å²) >= 11 is 0. The van der Waals surface area contributed by atoms with E-state index in [2.05, 4.69) is 0 Å². The van der Waals surface area contributed by atoms with Crippen molar-refractivity contribution in [1.29, 1.82) is 0 Å². The molecular weight excluding hydrogens is 392 g/mol. The first-order valence-electron chi connectivity index (χ1n) is 10.5. The predicted molar refractivity (Wildman–Crippen MR) is 109 cm³/mol. The lowest BCUT2D eigenvalue weighted by Gasteiger charge is -2.33. The van der Waals surface area contributed by atoms with Crippen LogP contribution in [0, 0.1) is 0 Å². The smallest absolute Gasteiger partial charge is 0.338 e. The Bertz CT molecular complexity index is 814. The fourth-order valence-corrected chi connectivity index (χ4v) is 5.47. The number of carbonyl (C=O) groups is 2. The van der Waals surface area contributed by atoms with E-state index in [9.17, 15) is 18.0 Å². The van der Waals surface area contributed by atoms with Crippen LogP contribution in [-0.4, -0.2) is 61.8 Å². The van der Waals surface area contributed by atoms with Crippen LogP contribution >= 0.6 is 0 Å². The van der Waals surface area contributed by atoms with Gasteiger partial charge in [-0.15, -0.1) is 0 Å². The second-order valence-corrected chi connectivity index (χ2v) is 9.79. The molecule has 1 amide bonds. The van der Waals surface area contributed by atoms with Gasteiger partial charge in [0.1, 0.15) is 0 Å². The second-order valence-electron chi connectivity index (χ2n) is 7.85. The molecule has 1 aromatic rings. The predicted octanol–water partition coefficient (Wildman–Crippen LogP) is 2.81. The number of likely N-dealkylation sites (tertiary alicyclic amines) is 1. The summed E-state index contributed by atoms with van der Waals surface area (Å²) in [6.07, 6.45) is 6.87. The average Bonchev–Trinajstić information content (AvgIpc) is 3.02. The third kappa shape index (κ3) is 5.36. The summed E-state index contributed by atoms with van der Waals surface area (Å²) in [6, 6.07) is 5.93. The van der Waals surface area contributed by atoms with Gasteiger partial charge in [-0.25, -0.2) is 13.2 Å². The maximum atomic E-state index is 12.8. The molecule has 0 bridgehead atoms. The van der Waals surface area contributed by atoms with Crippen LogP contribution in [0.25, 0.3) is 0 Å². The zero-order chi connectivity index (χ0) is 20.9. The van der Waals surface area contributed by atoms with Crippen LogP contribution in [0.15, 0.2) is 29.2 Å². The molecule has 7 nitrogen and oxygen atoms in total. The van der Waals surface area contributed by atoms with Crippen molar-refractivity contribution in [2.24, 2.45) is 0 Å². The van der Waals surface area contributed by atoms with Gasteiger partial charge in [0.2, 0.25) is 10.0 Å². The Morgan fingerprint density at radius 2 is 1.59 bits per heavy atom. The van der Waals surface area contributed by atoms with E-state index >= 15 is 0 Å². The molecule has 3 rings (SSSR count). The molecule has 1 aromatic carbocycles. The Kier molecular flexibility index (Phi) is 7.29. The zero-order valence-corrected chi connectivity index (χ0v) is 17.8. The maximum absolute atomic E-state index is 12.8. The maximum Gasteiger partial charge on any atom is 0.338 e. The van der Waals surface area contributed by atoms with E-state index in [0.717, 1.165) is 44.9 Å². The van der Waals surface area contributed by atoms with E-state index in [1.807, 2.05) is 6.92 Å². The summed E-state index contributed by atoms with van der Waals surface area (Å²) in [5.74, 6) is -0.812. The van der Waals surface area contributed by atoms with Gasteiger partial charge in [-0.05, 0) is 63.3 Å². The highest BCUT2D eigenvalue weighted by Crippen LogP contribution is 2.21. The first kappa shape index (κ1) is 21.8. The number of sulfonamides is 1. The molecule has 2 saturated heterocycles. The Morgan fingerprint density at radius 1 is 0.966 bits per heavy atom. The number of hydrogen-bond acceptors (Lipinski definition) is 5. The fourth-order valence-electron chi connectivity index (χ4n) is 3.96. The first-order valence-corrected chi connectivity index (χ1v) is 11.9. The zero-order valence-electron chi connectivity index (χ0n) is 17.0. The number of rotatable bonds is 5. The van der Waals surface area contributed by atoms with Crippen LogP contribution in [0.5, 0.6) is 0 Å². The molecule has 160 valence electrons. The number of nitrogens with zero attached hydrogens (tertiary/aromatic N) is 2. The van der Waals surface area contributed by atoms with E-state index in [4.69, 9.17) is 4.74 Å². The van der Waals surface area contributed by atoms with Gasteiger partial charge in [-0.1, -0.05) is 12.8 Å². The molecule has 2 aliphatic rings. The van der Waals surface area contributed by atoms with Crippen molar-refractivity contribution < 1.29 is 22.7 Å². The van der Waals surface area contributed by atoms with E-state index in [1.165, 1.54) is 28.6 Å². The lowest BCUT2D eigenvalue weighted by atomic mass is 10.0. The van der Waals surface area contributed by atoms with Crippen LogP contribution in [0.4, 0.5) is 0 Å². The van der Waals surface area contributed by atoms with E-state index in [1.54, 1.807) is 4.90 Å². The molecule has 1 unspecified atom stereocenters. The monoisotopic (exact) mass is 422 g/mol. The molecule has 2 aliphatic heterocycles. The first-order chi connectivity index (χ1) is 13.9. The second kappa shape index (κ2) is 9.71. The highest BCUT2D eigenvalue weighted by Gasteiger charge is 2.26. The van der Waals surface area contributed by atoms with Crippen LogP contribution in [0.2, 0.25) is 0 Å². The Hall–Kier alpha value is -1.93. The van der Waals surface area contributed by atoms with Crippen molar-refractivity contribution in [3.8, 4) is 0 Å². The van der Waals surface area contributed by atoms with Crippen LogP contribution in [0.3, 0.4) is 0 Å². The minimum absolute atomic E-state index is 0.165. The minimum atomic E-state index is -3.55. The lowest BCUT2D eigenvalue weighted by Crippen LogP contribution is -2.44. The number of amides is 1. The number of hydrogen-bond donors (Lipinski definition) is 0. The molecule has 0 N–H and O–H groups in total. The summed E-state index contributed by atoms with van der Waals surface area (Å²) in [5.41, 5.74) is 0.235. The molecule has 0 radical (unpaired) electrons. The summed E-state index contributed by atoms with van der Waals surface area (Å²) in [7, 11) is -3.55. The number of esters is 1. The molecular formula is C21H30N2O5S. The Labute approximate surface area is 173 Å². The van der Waals surface area contributed by atoms with Gasteiger partial charge < -0.3 is 9.64 Å². The molecule has 0 aliphatic carbocycles. The standard InChI is InChI=1S/C21H30N2O5S/c1-17-8-4-7-15-23(17)20(24)16-28-21(25)18-9-11-19(12-10-18)29(26,27)22-13-5-2-3-6-14-22/h9-12,17H,2-8,13-16H2,1H3. The molecule has 1 atom stereocenters. The van der Waals surface area contributed by atoms with Crippen molar-refractivity contribution >= 4 is 21.9 Å². The molecule has 8 heteroatoms. The van der Waals surface area contributed by atoms with E-state index in [0.29, 0.717) is 19.6 Å². The van der Waals surface area contributed by atoms with E-state index < -0.39 is 16.0 Å². The van der Waals surface area contributed by atoms with Crippen molar-refractivity contribution in [1.82, 2.24) is 9.21 Å². The Balaban J connectivity index is 1.59. The van der Waals surface area contributed by atoms with Gasteiger partial charge in [-0.2, -0.15) is 4.31 Å². The lowest BCUT2D eigenvalue weighted by molar-refractivity contribution is -0.137. The van der Waals surface area contributed by atoms with Crippen molar-refractivity contribution in [3.63, 3.8) is 0 Å². The SMILES string of the molecule is CC1CCCCN1C(=O)COC(=O)c1ccc(S(=O)(=O)N2CCCCCC2)cc1. The van der Waals surface area contributed by atoms with Gasteiger partial charge in [0.15, 0.2) is 6.61 Å². The molecule has 29 heavy (non-hydrogen) atoms. The fraction of sp³-hybridized carbons (Fsp3) is 0.619. The van der Waals surface area contributed by atoms with Crippen molar-refractivity contribution in [3.05, 3.63) is 29.8 Å². The normalized spacial score (nSPS) is 21.4. The number of benzene rings is 1. The molecule has 0 saturated carbocycles. The van der Waals surface area contributed by atoms with Gasteiger partial charge in [0.05, 0.1) is 10.5 Å². The van der Waals surface area contributed by atoms with Gasteiger partial charge in [0.25, 0.3) is 5.91 Å². The largest absolute Gasteiger partial charge is 0.452 e.